The van der Waals surface area contributed by atoms with Gasteiger partial charge in [-0.15, -0.1) is 11.8 Å². The number of halogens is 1. The van der Waals surface area contributed by atoms with Crippen molar-refractivity contribution in [3.8, 4) is 11.5 Å². The number of amides is 1. The van der Waals surface area contributed by atoms with Gasteiger partial charge in [-0.1, -0.05) is 12.1 Å². The highest BCUT2D eigenvalue weighted by Gasteiger charge is 2.20. The van der Waals surface area contributed by atoms with Crippen LogP contribution in [0.1, 0.15) is 15.9 Å². The van der Waals surface area contributed by atoms with Gasteiger partial charge in [0.1, 0.15) is 11.4 Å². The number of hydrogen-bond donors (Lipinski definition) is 2. The third kappa shape index (κ3) is 5.20. The normalized spacial score (nSPS) is 10.6. The average molecular weight is 392 g/mol. The Morgan fingerprint density at radius 3 is 2.59 bits per heavy atom. The number of carbonyl (C=O) groups is 2. The monoisotopic (exact) mass is 392 g/mol. The molecule has 7 nitrogen and oxygen atoms in total. The number of nitrogens with zero attached hydrogens (tertiary/aromatic N) is 1. The van der Waals surface area contributed by atoms with Crippen LogP contribution in [0.3, 0.4) is 0 Å². The minimum Gasteiger partial charge on any atom is -0.493 e. The maximum atomic E-state index is 13.5. The number of carboxylic acid groups (broad SMARTS) is 1. The van der Waals surface area contributed by atoms with E-state index in [9.17, 15) is 19.1 Å². The van der Waals surface area contributed by atoms with E-state index < -0.39 is 17.7 Å². The fraction of sp³-hybridized carbons (Fsp3) is 0.167. The molecule has 0 heterocycles. The smallest absolute Gasteiger partial charge is 0.340 e. The summed E-state index contributed by atoms with van der Waals surface area (Å²) in [7, 11) is 2.72. The van der Waals surface area contributed by atoms with Gasteiger partial charge < -0.3 is 14.6 Å². The Hall–Kier alpha value is -3.07. The van der Waals surface area contributed by atoms with E-state index in [0.717, 1.165) is 11.8 Å². The quantitative estimate of drug-likeness (QED) is 0.407. The van der Waals surface area contributed by atoms with Crippen molar-refractivity contribution in [3.63, 3.8) is 0 Å². The predicted octanol–water partition coefficient (Wildman–Crippen LogP) is 2.78. The third-order valence-electron chi connectivity index (χ3n) is 3.38. The van der Waals surface area contributed by atoms with Gasteiger partial charge in [-0.05, 0) is 24.3 Å². The van der Waals surface area contributed by atoms with Crippen molar-refractivity contribution in [2.24, 2.45) is 5.10 Å². The molecule has 0 radical (unpaired) electrons. The van der Waals surface area contributed by atoms with E-state index in [-0.39, 0.29) is 28.4 Å². The van der Waals surface area contributed by atoms with Crippen molar-refractivity contribution in [2.75, 3.05) is 20.0 Å². The molecule has 9 heteroatoms. The van der Waals surface area contributed by atoms with E-state index in [1.165, 1.54) is 38.6 Å². The number of carboxylic acids is 1. The standard InChI is InChI=1S/C18H17FN2O5S/c1-25-13-8-7-11(16(18(23)24)17(13)26-2)9-20-21-15(22)10-27-14-6-4-3-5-12(14)19/h3-9H,10H2,1-2H3,(H,21,22)(H,23,24)/b20-9-. The summed E-state index contributed by atoms with van der Waals surface area (Å²) in [6, 6.07) is 9.12. The molecule has 1 amide bonds. The number of nitrogens with one attached hydrogen (secondary N) is 1. The number of thioether (sulfide) groups is 1. The number of hydrogen-bond acceptors (Lipinski definition) is 6. The fourth-order valence-corrected chi connectivity index (χ4v) is 2.91. The number of rotatable bonds is 8. The first-order valence-corrected chi connectivity index (χ1v) is 8.64. The van der Waals surface area contributed by atoms with E-state index in [2.05, 4.69) is 10.5 Å². The molecule has 2 N–H and O–H groups in total. The van der Waals surface area contributed by atoms with Crippen molar-refractivity contribution in [1.29, 1.82) is 0 Å². The van der Waals surface area contributed by atoms with E-state index in [1.807, 2.05) is 0 Å². The molecule has 2 aromatic rings. The van der Waals surface area contributed by atoms with Crippen LogP contribution in [0.4, 0.5) is 4.39 Å². The van der Waals surface area contributed by atoms with Crippen LogP contribution in [0.25, 0.3) is 0 Å². The molecule has 142 valence electrons. The summed E-state index contributed by atoms with van der Waals surface area (Å²) in [5.74, 6) is -1.83. The summed E-state index contributed by atoms with van der Waals surface area (Å²) >= 11 is 1.03. The number of methoxy groups -OCH3 is 2. The zero-order valence-corrected chi connectivity index (χ0v) is 15.4. The minimum absolute atomic E-state index is 0.0456. The lowest BCUT2D eigenvalue weighted by Gasteiger charge is -2.12. The largest absolute Gasteiger partial charge is 0.493 e. The van der Waals surface area contributed by atoms with Crippen molar-refractivity contribution in [2.45, 2.75) is 4.90 Å². The molecule has 0 saturated heterocycles. The van der Waals surface area contributed by atoms with Crippen LogP contribution in [-0.4, -0.2) is 43.2 Å². The molecule has 0 aliphatic heterocycles. The average Bonchev–Trinajstić information content (AvgIpc) is 2.66. The molecule has 0 bridgehead atoms. The van der Waals surface area contributed by atoms with Crippen LogP contribution in [0, 0.1) is 5.82 Å². The van der Waals surface area contributed by atoms with Crippen molar-refractivity contribution in [1.82, 2.24) is 5.43 Å². The highest BCUT2D eigenvalue weighted by atomic mass is 32.2. The first-order chi connectivity index (χ1) is 13.0. The number of aromatic carboxylic acids is 1. The summed E-state index contributed by atoms with van der Waals surface area (Å²) in [5.41, 5.74) is 2.36. The summed E-state index contributed by atoms with van der Waals surface area (Å²) < 4.78 is 23.7. The second-order valence-corrected chi connectivity index (χ2v) is 6.10. The molecular weight excluding hydrogens is 375 g/mol. The molecule has 0 aliphatic carbocycles. The van der Waals surface area contributed by atoms with Crippen LogP contribution in [-0.2, 0) is 4.79 Å². The zero-order chi connectivity index (χ0) is 19.8. The predicted molar refractivity (Wildman–Crippen MR) is 99.4 cm³/mol. The molecular formula is C18H17FN2O5S. The van der Waals surface area contributed by atoms with Crippen molar-refractivity contribution in [3.05, 3.63) is 53.3 Å². The topological polar surface area (TPSA) is 97.2 Å². The van der Waals surface area contributed by atoms with Crippen LogP contribution in [0.2, 0.25) is 0 Å². The van der Waals surface area contributed by atoms with Crippen LogP contribution in [0.15, 0.2) is 46.4 Å². The SMILES string of the molecule is COc1ccc(/C=N\NC(=O)CSc2ccccc2F)c(C(=O)O)c1OC. The molecule has 0 fully saturated rings. The van der Waals surface area contributed by atoms with Gasteiger partial charge in [0.2, 0.25) is 5.91 Å². The minimum atomic E-state index is -1.23. The Labute approximate surface area is 159 Å². The van der Waals surface area contributed by atoms with E-state index in [4.69, 9.17) is 9.47 Å². The molecule has 2 aromatic carbocycles. The number of carbonyl (C=O) groups excluding carboxylic acids is 1. The Morgan fingerprint density at radius 2 is 1.96 bits per heavy atom. The van der Waals surface area contributed by atoms with Crippen LogP contribution >= 0.6 is 11.8 Å². The summed E-state index contributed by atoms with van der Waals surface area (Å²) in [4.78, 5) is 23.7. The van der Waals surface area contributed by atoms with Crippen molar-refractivity contribution >= 4 is 29.9 Å². The molecule has 0 aliphatic rings. The van der Waals surface area contributed by atoms with E-state index >= 15 is 0 Å². The third-order valence-corrected chi connectivity index (χ3v) is 4.43. The van der Waals surface area contributed by atoms with Gasteiger partial charge >= 0.3 is 5.97 Å². The Balaban J connectivity index is 2.06. The van der Waals surface area contributed by atoms with Gasteiger partial charge in [0.15, 0.2) is 11.5 Å². The van der Waals surface area contributed by atoms with Crippen LogP contribution < -0.4 is 14.9 Å². The Kier molecular flexibility index (Phi) is 7.18. The maximum Gasteiger partial charge on any atom is 0.340 e. The molecule has 2 rings (SSSR count). The molecule has 0 saturated carbocycles. The van der Waals surface area contributed by atoms with Gasteiger partial charge in [-0.2, -0.15) is 5.10 Å². The lowest BCUT2D eigenvalue weighted by molar-refractivity contribution is -0.118. The van der Waals surface area contributed by atoms with Gasteiger partial charge in [0, 0.05) is 10.5 Å². The summed E-state index contributed by atoms with van der Waals surface area (Å²) in [6.07, 6.45) is 1.19. The van der Waals surface area contributed by atoms with E-state index in [0.29, 0.717) is 4.90 Å². The summed E-state index contributed by atoms with van der Waals surface area (Å²) in [5, 5.41) is 13.2. The Bertz CT molecular complexity index is 873. The first kappa shape index (κ1) is 20.2. The molecule has 0 unspecified atom stereocenters. The van der Waals surface area contributed by atoms with Crippen molar-refractivity contribution < 1.29 is 28.6 Å². The number of hydrazone groups is 1. The number of benzene rings is 2. The molecule has 0 aromatic heterocycles. The second kappa shape index (κ2) is 9.58. The van der Waals surface area contributed by atoms with Crippen LogP contribution in [0.5, 0.6) is 11.5 Å². The second-order valence-electron chi connectivity index (χ2n) is 5.08. The van der Waals surface area contributed by atoms with E-state index in [1.54, 1.807) is 18.2 Å². The first-order valence-electron chi connectivity index (χ1n) is 7.65. The maximum absolute atomic E-state index is 13.5. The lowest BCUT2D eigenvalue weighted by atomic mass is 10.1. The van der Waals surface area contributed by atoms with Gasteiger partial charge in [-0.25, -0.2) is 14.6 Å². The zero-order valence-electron chi connectivity index (χ0n) is 14.6. The van der Waals surface area contributed by atoms with Gasteiger partial charge in [0.25, 0.3) is 0 Å². The molecule has 0 spiro atoms. The van der Waals surface area contributed by atoms with Gasteiger partial charge in [0.05, 0.1) is 26.2 Å². The lowest BCUT2D eigenvalue weighted by Crippen LogP contribution is -2.20. The molecule has 0 atom stereocenters. The van der Waals surface area contributed by atoms with Gasteiger partial charge in [-0.3, -0.25) is 4.79 Å². The highest BCUT2D eigenvalue weighted by molar-refractivity contribution is 8.00. The number of ether oxygens (including phenoxy) is 2. The highest BCUT2D eigenvalue weighted by Crippen LogP contribution is 2.32. The molecule has 27 heavy (non-hydrogen) atoms. The fourth-order valence-electron chi connectivity index (χ4n) is 2.18. The Morgan fingerprint density at radius 1 is 1.22 bits per heavy atom. The summed E-state index contributed by atoms with van der Waals surface area (Å²) in [6.45, 7) is 0.